The molecule has 2 aromatic rings. The van der Waals surface area contributed by atoms with Gasteiger partial charge in [-0.2, -0.15) is 5.26 Å². The van der Waals surface area contributed by atoms with Crippen LogP contribution in [0, 0.1) is 11.3 Å². The van der Waals surface area contributed by atoms with Crippen LogP contribution in [0.25, 0.3) is 0 Å². The summed E-state index contributed by atoms with van der Waals surface area (Å²) in [6.07, 6.45) is -1.51. The van der Waals surface area contributed by atoms with E-state index in [2.05, 4.69) is 5.32 Å². The summed E-state index contributed by atoms with van der Waals surface area (Å²) in [5.41, 5.74) is 1.24. The molecule has 0 fully saturated rings. The molecule has 6 heteroatoms. The molecule has 0 spiro atoms. The molecule has 24 heavy (non-hydrogen) atoms. The zero-order valence-corrected chi connectivity index (χ0v) is 12.7. The third kappa shape index (κ3) is 4.18. The largest absolute Gasteiger partial charge is 0.480 e. The average Bonchev–Trinajstić information content (AvgIpc) is 2.61. The number of aliphatic hydroxyl groups excluding tert-OH is 1. The molecule has 2 rings (SSSR count). The van der Waals surface area contributed by atoms with Crippen LogP contribution in [0.3, 0.4) is 0 Å². The number of nitrogens with one attached hydrogen (secondary N) is 1. The number of carbonyl (C=O) groups excluding carboxylic acids is 1. The van der Waals surface area contributed by atoms with Gasteiger partial charge in [0.2, 0.25) is 0 Å². The fourth-order valence-corrected chi connectivity index (χ4v) is 2.26. The molecular weight excluding hydrogens is 308 g/mol. The summed E-state index contributed by atoms with van der Waals surface area (Å²) in [6, 6.07) is 15.6. The second-order valence-electron chi connectivity index (χ2n) is 5.19. The van der Waals surface area contributed by atoms with E-state index in [0.717, 1.165) is 0 Å². The summed E-state index contributed by atoms with van der Waals surface area (Å²) in [5, 5.41) is 30.7. The van der Waals surface area contributed by atoms with Crippen molar-refractivity contribution in [1.82, 2.24) is 5.32 Å². The Balaban J connectivity index is 2.13. The number of carbonyl (C=O) groups is 2. The number of nitriles is 1. The van der Waals surface area contributed by atoms with Gasteiger partial charge in [0.15, 0.2) is 6.10 Å². The summed E-state index contributed by atoms with van der Waals surface area (Å²) >= 11 is 0. The Morgan fingerprint density at radius 2 is 1.71 bits per heavy atom. The van der Waals surface area contributed by atoms with Crippen LogP contribution in [0.2, 0.25) is 0 Å². The number of hydrogen-bond donors (Lipinski definition) is 3. The maximum absolute atomic E-state index is 12.1. The highest BCUT2D eigenvalue weighted by Gasteiger charge is 2.25. The van der Waals surface area contributed by atoms with Crippen LogP contribution in [0.1, 0.15) is 22.8 Å². The standard InChI is InChI=1S/C18H16N2O4/c19-11-14-9-5-4-8-13(14)10-15(18(23)24)20-17(22)16(21)12-6-2-1-3-7-12/h1-9,15-16,21H,10H2,(H,20,22)(H,23,24)/t15-,16-/m0/s1. The lowest BCUT2D eigenvalue weighted by Crippen LogP contribution is -2.44. The Morgan fingerprint density at radius 3 is 2.33 bits per heavy atom. The van der Waals surface area contributed by atoms with Crippen molar-refractivity contribution in [1.29, 1.82) is 5.26 Å². The van der Waals surface area contributed by atoms with E-state index in [1.54, 1.807) is 54.6 Å². The van der Waals surface area contributed by atoms with Crippen molar-refractivity contribution in [3.63, 3.8) is 0 Å². The Hall–Kier alpha value is -3.17. The van der Waals surface area contributed by atoms with Gasteiger partial charge in [-0.15, -0.1) is 0 Å². The molecule has 0 aliphatic heterocycles. The van der Waals surface area contributed by atoms with Gasteiger partial charge in [-0.1, -0.05) is 48.5 Å². The third-order valence-electron chi connectivity index (χ3n) is 3.54. The van der Waals surface area contributed by atoms with E-state index in [-0.39, 0.29) is 6.42 Å². The molecule has 3 N–H and O–H groups in total. The number of aliphatic carboxylic acids is 1. The second-order valence-corrected chi connectivity index (χ2v) is 5.19. The van der Waals surface area contributed by atoms with Crippen LogP contribution in [0.4, 0.5) is 0 Å². The topological polar surface area (TPSA) is 110 Å². The van der Waals surface area contributed by atoms with Crippen LogP contribution in [-0.2, 0) is 16.0 Å². The van der Waals surface area contributed by atoms with Crippen molar-refractivity contribution in [2.45, 2.75) is 18.6 Å². The first-order chi connectivity index (χ1) is 11.5. The van der Waals surface area contributed by atoms with Crippen LogP contribution >= 0.6 is 0 Å². The normalized spacial score (nSPS) is 12.7. The zero-order chi connectivity index (χ0) is 17.5. The molecule has 122 valence electrons. The fourth-order valence-electron chi connectivity index (χ4n) is 2.26. The highest BCUT2D eigenvalue weighted by Crippen LogP contribution is 2.14. The summed E-state index contributed by atoms with van der Waals surface area (Å²) < 4.78 is 0. The summed E-state index contributed by atoms with van der Waals surface area (Å²) in [7, 11) is 0. The first-order valence-corrected chi connectivity index (χ1v) is 7.27. The Bertz CT molecular complexity index is 768. The highest BCUT2D eigenvalue weighted by atomic mass is 16.4. The minimum Gasteiger partial charge on any atom is -0.480 e. The molecule has 0 aliphatic rings. The van der Waals surface area contributed by atoms with Gasteiger partial charge in [0.25, 0.3) is 5.91 Å². The van der Waals surface area contributed by atoms with Gasteiger partial charge in [0.05, 0.1) is 11.6 Å². The first kappa shape index (κ1) is 17.2. The maximum atomic E-state index is 12.1. The van der Waals surface area contributed by atoms with Crippen molar-refractivity contribution in [2.75, 3.05) is 0 Å². The third-order valence-corrected chi connectivity index (χ3v) is 3.54. The van der Waals surface area contributed by atoms with E-state index < -0.39 is 24.0 Å². The molecule has 2 aromatic carbocycles. The van der Waals surface area contributed by atoms with E-state index in [9.17, 15) is 19.8 Å². The van der Waals surface area contributed by atoms with Crippen molar-refractivity contribution in [2.24, 2.45) is 0 Å². The summed E-state index contributed by atoms with van der Waals surface area (Å²) in [5.74, 6) is -2.04. The molecule has 0 radical (unpaired) electrons. The molecule has 1 amide bonds. The van der Waals surface area contributed by atoms with Crippen molar-refractivity contribution in [3.8, 4) is 6.07 Å². The van der Waals surface area contributed by atoms with Gasteiger partial charge >= 0.3 is 5.97 Å². The lowest BCUT2D eigenvalue weighted by molar-refractivity contribution is -0.143. The van der Waals surface area contributed by atoms with Crippen LogP contribution in [0.5, 0.6) is 0 Å². The molecule has 0 saturated heterocycles. The Labute approximate surface area is 139 Å². The molecule has 2 atom stereocenters. The predicted octanol–water partition coefficient (Wildman–Crippen LogP) is 1.40. The molecule has 6 nitrogen and oxygen atoms in total. The lowest BCUT2D eigenvalue weighted by Gasteiger charge is -2.18. The Morgan fingerprint density at radius 1 is 1.08 bits per heavy atom. The predicted molar refractivity (Wildman–Crippen MR) is 85.8 cm³/mol. The monoisotopic (exact) mass is 324 g/mol. The Kier molecular flexibility index (Phi) is 5.66. The first-order valence-electron chi connectivity index (χ1n) is 7.27. The molecule has 0 saturated carbocycles. The van der Waals surface area contributed by atoms with Gasteiger partial charge < -0.3 is 15.5 Å². The number of aliphatic hydroxyl groups is 1. The van der Waals surface area contributed by atoms with Crippen LogP contribution in [0.15, 0.2) is 54.6 Å². The summed E-state index contributed by atoms with van der Waals surface area (Å²) in [6.45, 7) is 0. The molecule has 0 bridgehead atoms. The van der Waals surface area contributed by atoms with Gasteiger partial charge in [0, 0.05) is 6.42 Å². The van der Waals surface area contributed by atoms with Crippen LogP contribution in [-0.4, -0.2) is 28.1 Å². The second kappa shape index (κ2) is 7.90. The zero-order valence-electron chi connectivity index (χ0n) is 12.7. The van der Waals surface area contributed by atoms with Gasteiger partial charge in [-0.25, -0.2) is 4.79 Å². The average molecular weight is 324 g/mol. The van der Waals surface area contributed by atoms with Crippen LogP contribution < -0.4 is 5.32 Å². The molecule has 0 aromatic heterocycles. The van der Waals surface area contributed by atoms with E-state index in [4.69, 9.17) is 5.26 Å². The van der Waals surface area contributed by atoms with E-state index >= 15 is 0 Å². The van der Waals surface area contributed by atoms with Gasteiger partial charge in [0.1, 0.15) is 6.04 Å². The van der Waals surface area contributed by atoms with E-state index in [0.29, 0.717) is 16.7 Å². The van der Waals surface area contributed by atoms with Crippen molar-refractivity contribution in [3.05, 3.63) is 71.3 Å². The van der Waals surface area contributed by atoms with Crippen molar-refractivity contribution < 1.29 is 19.8 Å². The summed E-state index contributed by atoms with van der Waals surface area (Å²) in [4.78, 5) is 23.5. The molecule has 0 heterocycles. The van der Waals surface area contributed by atoms with Crippen molar-refractivity contribution >= 4 is 11.9 Å². The number of benzene rings is 2. The lowest BCUT2D eigenvalue weighted by atomic mass is 10.0. The number of carboxylic acid groups (broad SMARTS) is 1. The quantitative estimate of drug-likeness (QED) is 0.744. The van der Waals surface area contributed by atoms with Gasteiger partial charge in [-0.3, -0.25) is 4.79 Å². The number of carboxylic acids is 1. The highest BCUT2D eigenvalue weighted by molar-refractivity contribution is 5.87. The number of amides is 1. The number of hydrogen-bond acceptors (Lipinski definition) is 4. The maximum Gasteiger partial charge on any atom is 0.326 e. The minimum atomic E-state index is -1.46. The molecule has 0 aliphatic carbocycles. The minimum absolute atomic E-state index is 0.0493. The number of nitrogens with zero attached hydrogens (tertiary/aromatic N) is 1. The molecular formula is C18H16N2O4. The van der Waals surface area contributed by atoms with E-state index in [1.165, 1.54) is 0 Å². The number of rotatable bonds is 6. The van der Waals surface area contributed by atoms with Gasteiger partial charge in [-0.05, 0) is 17.2 Å². The fraction of sp³-hybridized carbons (Fsp3) is 0.167. The molecule has 0 unspecified atom stereocenters. The SMILES string of the molecule is N#Cc1ccccc1C[C@H](NC(=O)[C@@H](O)c1ccccc1)C(=O)O. The van der Waals surface area contributed by atoms with E-state index in [1.807, 2.05) is 6.07 Å². The smallest absolute Gasteiger partial charge is 0.326 e.